The van der Waals surface area contributed by atoms with Gasteiger partial charge >= 0.3 is 6.01 Å². The normalized spacial score (nSPS) is 11.2. The van der Waals surface area contributed by atoms with Gasteiger partial charge in [0.25, 0.3) is 11.8 Å². The average molecular weight is 373 g/mol. The first-order chi connectivity index (χ1) is 12.4. The van der Waals surface area contributed by atoms with E-state index in [0.29, 0.717) is 11.3 Å². The number of nitrogens with zero attached hydrogens (tertiary/aromatic N) is 2. The molecule has 1 heterocycles. The lowest BCUT2D eigenvalue weighted by molar-refractivity contribution is 0.102. The SMILES string of the molecule is COc1ccccc1-c1nnc(NC(=O)c2ccc(S(C)(=O)=O)cc2)o1. The molecule has 0 spiro atoms. The Balaban J connectivity index is 1.78. The number of benzene rings is 2. The molecule has 9 heteroatoms. The summed E-state index contributed by atoms with van der Waals surface area (Å²) in [6.45, 7) is 0. The Morgan fingerprint density at radius 2 is 1.77 bits per heavy atom. The van der Waals surface area contributed by atoms with Crippen molar-refractivity contribution >= 4 is 21.8 Å². The zero-order valence-electron chi connectivity index (χ0n) is 14.0. The molecule has 0 radical (unpaired) electrons. The molecule has 26 heavy (non-hydrogen) atoms. The van der Waals surface area contributed by atoms with Gasteiger partial charge in [-0.2, -0.15) is 0 Å². The number of carbonyl (C=O) groups is 1. The highest BCUT2D eigenvalue weighted by atomic mass is 32.2. The van der Waals surface area contributed by atoms with Crippen molar-refractivity contribution in [2.75, 3.05) is 18.7 Å². The minimum absolute atomic E-state index is 0.0805. The molecule has 0 aliphatic carbocycles. The monoisotopic (exact) mass is 373 g/mol. The highest BCUT2D eigenvalue weighted by Crippen LogP contribution is 2.29. The smallest absolute Gasteiger partial charge is 0.322 e. The van der Waals surface area contributed by atoms with Gasteiger partial charge in [-0.1, -0.05) is 17.2 Å². The van der Waals surface area contributed by atoms with E-state index in [4.69, 9.17) is 9.15 Å². The molecule has 1 amide bonds. The summed E-state index contributed by atoms with van der Waals surface area (Å²) in [5.74, 6) is 0.260. The topological polar surface area (TPSA) is 111 Å². The lowest BCUT2D eigenvalue weighted by atomic mass is 10.2. The number of aromatic nitrogens is 2. The van der Waals surface area contributed by atoms with Crippen molar-refractivity contribution in [2.45, 2.75) is 4.90 Å². The molecule has 3 aromatic rings. The van der Waals surface area contributed by atoms with Gasteiger partial charge in [-0.25, -0.2) is 8.42 Å². The van der Waals surface area contributed by atoms with E-state index in [2.05, 4.69) is 15.5 Å². The molecular formula is C17H15N3O5S. The van der Waals surface area contributed by atoms with Crippen LogP contribution in [-0.4, -0.2) is 37.9 Å². The summed E-state index contributed by atoms with van der Waals surface area (Å²) >= 11 is 0. The van der Waals surface area contributed by atoms with E-state index in [1.54, 1.807) is 18.2 Å². The van der Waals surface area contributed by atoms with E-state index in [1.165, 1.54) is 31.4 Å². The Morgan fingerprint density at radius 3 is 2.42 bits per heavy atom. The molecule has 1 N–H and O–H groups in total. The van der Waals surface area contributed by atoms with E-state index in [9.17, 15) is 13.2 Å². The van der Waals surface area contributed by atoms with Crippen LogP contribution < -0.4 is 10.1 Å². The molecule has 0 saturated carbocycles. The molecule has 0 fully saturated rings. The standard InChI is InChI=1S/C17H15N3O5S/c1-24-14-6-4-3-5-13(14)16-19-20-17(25-16)18-15(21)11-7-9-12(10-8-11)26(2,22)23/h3-10H,1-2H3,(H,18,20,21). The Kier molecular flexibility index (Phi) is 4.72. The Hall–Kier alpha value is -3.20. The van der Waals surface area contributed by atoms with Gasteiger partial charge in [-0.3, -0.25) is 10.1 Å². The number of hydrogen-bond donors (Lipinski definition) is 1. The first-order valence-corrected chi connectivity index (χ1v) is 9.36. The van der Waals surface area contributed by atoms with Gasteiger partial charge in [0.05, 0.1) is 17.6 Å². The van der Waals surface area contributed by atoms with Gasteiger partial charge in [0.2, 0.25) is 0 Å². The summed E-state index contributed by atoms with van der Waals surface area (Å²) in [4.78, 5) is 12.4. The number of ether oxygens (including phenoxy) is 1. The number of rotatable bonds is 5. The predicted molar refractivity (Wildman–Crippen MR) is 93.8 cm³/mol. The highest BCUT2D eigenvalue weighted by molar-refractivity contribution is 7.90. The van der Waals surface area contributed by atoms with Gasteiger partial charge in [0, 0.05) is 11.8 Å². The molecule has 1 aromatic heterocycles. The summed E-state index contributed by atoms with van der Waals surface area (Å²) in [6.07, 6.45) is 1.10. The summed E-state index contributed by atoms with van der Waals surface area (Å²) in [5, 5.41) is 10.2. The van der Waals surface area contributed by atoms with Gasteiger partial charge in [-0.15, -0.1) is 5.10 Å². The second kappa shape index (κ2) is 6.96. The molecule has 2 aromatic carbocycles. The highest BCUT2D eigenvalue weighted by Gasteiger charge is 2.16. The van der Waals surface area contributed by atoms with Crippen LogP contribution in [0.5, 0.6) is 5.75 Å². The van der Waals surface area contributed by atoms with Crippen molar-refractivity contribution in [3.8, 4) is 17.2 Å². The lowest BCUT2D eigenvalue weighted by Gasteiger charge is -2.04. The third kappa shape index (κ3) is 3.72. The van der Waals surface area contributed by atoms with Gasteiger partial charge in [0.1, 0.15) is 5.75 Å². The lowest BCUT2D eigenvalue weighted by Crippen LogP contribution is -2.12. The molecule has 0 unspecified atom stereocenters. The number of hydrogen-bond acceptors (Lipinski definition) is 7. The summed E-state index contributed by atoms with van der Waals surface area (Å²) < 4.78 is 33.6. The summed E-state index contributed by atoms with van der Waals surface area (Å²) in [6, 6.07) is 12.6. The van der Waals surface area contributed by atoms with Gasteiger partial charge < -0.3 is 9.15 Å². The molecule has 134 valence electrons. The number of para-hydroxylation sites is 1. The van der Waals surface area contributed by atoms with Gasteiger partial charge in [0.15, 0.2) is 9.84 Å². The van der Waals surface area contributed by atoms with Crippen LogP contribution in [0.15, 0.2) is 57.8 Å². The molecule has 0 saturated heterocycles. The van der Waals surface area contributed by atoms with Crippen molar-refractivity contribution < 1.29 is 22.4 Å². The average Bonchev–Trinajstić information content (AvgIpc) is 3.09. The number of anilines is 1. The third-order valence-electron chi connectivity index (χ3n) is 3.53. The third-order valence-corrected chi connectivity index (χ3v) is 4.66. The Labute approximate surface area is 149 Å². The largest absolute Gasteiger partial charge is 0.496 e. The van der Waals surface area contributed by atoms with Crippen LogP contribution in [0.25, 0.3) is 11.5 Å². The zero-order chi connectivity index (χ0) is 18.7. The second-order valence-electron chi connectivity index (χ2n) is 5.36. The molecule has 0 atom stereocenters. The van der Waals surface area contributed by atoms with Crippen LogP contribution in [0.3, 0.4) is 0 Å². The number of sulfone groups is 1. The molecule has 8 nitrogen and oxygen atoms in total. The maximum Gasteiger partial charge on any atom is 0.322 e. The van der Waals surface area contributed by atoms with Crippen LogP contribution in [0.1, 0.15) is 10.4 Å². The van der Waals surface area contributed by atoms with E-state index in [1.807, 2.05) is 6.07 Å². The van der Waals surface area contributed by atoms with Crippen molar-refractivity contribution in [3.05, 3.63) is 54.1 Å². The molecule has 3 rings (SSSR count). The van der Waals surface area contributed by atoms with E-state index >= 15 is 0 Å². The van der Waals surface area contributed by atoms with Crippen LogP contribution in [0.4, 0.5) is 6.01 Å². The van der Waals surface area contributed by atoms with Crippen molar-refractivity contribution in [3.63, 3.8) is 0 Å². The molecule has 0 aliphatic rings. The van der Waals surface area contributed by atoms with Crippen molar-refractivity contribution in [1.29, 1.82) is 0 Å². The quantitative estimate of drug-likeness (QED) is 0.731. The first-order valence-electron chi connectivity index (χ1n) is 7.47. The second-order valence-corrected chi connectivity index (χ2v) is 7.38. The van der Waals surface area contributed by atoms with Crippen LogP contribution in [0, 0.1) is 0 Å². The fourth-order valence-corrected chi connectivity index (χ4v) is 2.86. The molecule has 0 bridgehead atoms. The minimum atomic E-state index is -3.32. The molecular weight excluding hydrogens is 358 g/mol. The minimum Gasteiger partial charge on any atom is -0.496 e. The Bertz CT molecular complexity index is 1040. The first kappa shape index (κ1) is 17.6. The number of nitrogens with one attached hydrogen (secondary N) is 1. The Morgan fingerprint density at radius 1 is 1.08 bits per heavy atom. The van der Waals surface area contributed by atoms with Crippen molar-refractivity contribution in [1.82, 2.24) is 10.2 Å². The number of carbonyl (C=O) groups excluding carboxylic acids is 1. The predicted octanol–water partition coefficient (Wildman–Crippen LogP) is 2.40. The van der Waals surface area contributed by atoms with E-state index < -0.39 is 15.7 Å². The van der Waals surface area contributed by atoms with Crippen LogP contribution >= 0.6 is 0 Å². The fraction of sp³-hybridized carbons (Fsp3) is 0.118. The number of methoxy groups -OCH3 is 1. The van der Waals surface area contributed by atoms with E-state index in [0.717, 1.165) is 6.26 Å². The zero-order valence-corrected chi connectivity index (χ0v) is 14.8. The van der Waals surface area contributed by atoms with Crippen LogP contribution in [0.2, 0.25) is 0 Å². The van der Waals surface area contributed by atoms with E-state index in [-0.39, 0.29) is 22.4 Å². The van der Waals surface area contributed by atoms with Gasteiger partial charge in [-0.05, 0) is 36.4 Å². The fourth-order valence-electron chi connectivity index (χ4n) is 2.23. The maximum absolute atomic E-state index is 12.2. The molecule has 0 aliphatic heterocycles. The van der Waals surface area contributed by atoms with Crippen LogP contribution in [-0.2, 0) is 9.84 Å². The van der Waals surface area contributed by atoms with Crippen molar-refractivity contribution in [2.24, 2.45) is 0 Å². The number of amides is 1. The summed E-state index contributed by atoms with van der Waals surface area (Å²) in [7, 11) is -1.80. The summed E-state index contributed by atoms with van der Waals surface area (Å²) in [5.41, 5.74) is 0.856. The maximum atomic E-state index is 12.2.